The minimum Gasteiger partial charge on any atom is -0.486 e. The highest BCUT2D eigenvalue weighted by molar-refractivity contribution is 5.44. The molecule has 100 valence electrons. The number of aliphatic hydroxyl groups is 1. The highest BCUT2D eigenvalue weighted by Crippen LogP contribution is 2.33. The van der Waals surface area contributed by atoms with E-state index >= 15 is 0 Å². The van der Waals surface area contributed by atoms with E-state index in [1.54, 1.807) is 13.2 Å². The Morgan fingerprint density at radius 2 is 2.06 bits per heavy atom. The monoisotopic (exact) mass is 253 g/mol. The zero-order valence-corrected chi connectivity index (χ0v) is 10.5. The molecule has 18 heavy (non-hydrogen) atoms. The number of benzene rings is 1. The molecule has 1 heterocycles. The average molecular weight is 253 g/mol. The molecule has 0 spiro atoms. The minimum atomic E-state index is -0.619. The molecule has 0 radical (unpaired) electrons. The van der Waals surface area contributed by atoms with Crippen molar-refractivity contribution in [2.24, 2.45) is 5.73 Å². The number of fused-ring (bicyclic) bond motifs is 1. The first-order valence-electron chi connectivity index (χ1n) is 6.03. The molecule has 5 nitrogen and oxygen atoms in total. The van der Waals surface area contributed by atoms with Gasteiger partial charge in [0.2, 0.25) is 0 Å². The Labute approximate surface area is 106 Å². The van der Waals surface area contributed by atoms with Crippen molar-refractivity contribution in [1.82, 2.24) is 0 Å². The van der Waals surface area contributed by atoms with Crippen molar-refractivity contribution in [3.05, 3.63) is 23.8 Å². The lowest BCUT2D eigenvalue weighted by Gasteiger charge is -2.21. The summed E-state index contributed by atoms with van der Waals surface area (Å²) in [5, 5.41) is 10.1. The molecular formula is C13H19NO4. The number of methoxy groups -OCH3 is 1. The molecule has 0 bridgehead atoms. The van der Waals surface area contributed by atoms with Crippen molar-refractivity contribution in [1.29, 1.82) is 0 Å². The van der Waals surface area contributed by atoms with Crippen LogP contribution in [0.2, 0.25) is 0 Å². The van der Waals surface area contributed by atoms with Gasteiger partial charge in [-0.25, -0.2) is 0 Å². The normalized spacial score (nSPS) is 17.3. The van der Waals surface area contributed by atoms with Crippen LogP contribution in [0.3, 0.4) is 0 Å². The molecule has 0 saturated carbocycles. The lowest BCUT2D eigenvalue weighted by atomic mass is 10.0. The first-order chi connectivity index (χ1) is 8.70. The number of nitrogens with two attached hydrogens (primary N) is 1. The molecule has 1 aromatic rings. The third-order valence-electron chi connectivity index (χ3n) is 2.86. The number of ether oxygens (including phenoxy) is 3. The minimum absolute atomic E-state index is 0.182. The molecule has 3 N–H and O–H groups in total. The lowest BCUT2D eigenvalue weighted by molar-refractivity contribution is 0.121. The Hall–Kier alpha value is -1.30. The third-order valence-corrected chi connectivity index (χ3v) is 2.86. The molecule has 0 aliphatic carbocycles. The molecule has 0 amide bonds. The Balaban J connectivity index is 2.04. The van der Waals surface area contributed by atoms with E-state index in [9.17, 15) is 5.11 Å². The maximum Gasteiger partial charge on any atom is 0.161 e. The third kappa shape index (κ3) is 3.13. The fraction of sp³-hybridized carbons (Fsp3) is 0.538. The molecule has 0 fully saturated rings. The van der Waals surface area contributed by atoms with Gasteiger partial charge in [0.05, 0.1) is 12.7 Å². The van der Waals surface area contributed by atoms with Crippen molar-refractivity contribution in [2.75, 3.05) is 26.9 Å². The first-order valence-corrected chi connectivity index (χ1v) is 6.03. The van der Waals surface area contributed by atoms with Crippen LogP contribution < -0.4 is 15.2 Å². The summed E-state index contributed by atoms with van der Waals surface area (Å²) in [7, 11) is 1.59. The smallest absolute Gasteiger partial charge is 0.161 e. The van der Waals surface area contributed by atoms with Crippen LogP contribution in [0.25, 0.3) is 0 Å². The average Bonchev–Trinajstić information content (AvgIpc) is 2.38. The van der Waals surface area contributed by atoms with Gasteiger partial charge in [-0.3, -0.25) is 0 Å². The number of aliphatic hydroxyl groups excluding tert-OH is 1. The summed E-state index contributed by atoms with van der Waals surface area (Å²) in [4.78, 5) is 0. The van der Waals surface area contributed by atoms with Gasteiger partial charge in [0.25, 0.3) is 0 Å². The van der Waals surface area contributed by atoms with Crippen molar-refractivity contribution < 1.29 is 19.3 Å². The fourth-order valence-electron chi connectivity index (χ4n) is 1.97. The highest BCUT2D eigenvalue weighted by atomic mass is 16.6. The van der Waals surface area contributed by atoms with Gasteiger partial charge in [-0.05, 0) is 24.1 Å². The van der Waals surface area contributed by atoms with Gasteiger partial charge in [-0.2, -0.15) is 0 Å². The van der Waals surface area contributed by atoms with E-state index in [0.29, 0.717) is 32.0 Å². The van der Waals surface area contributed by atoms with Gasteiger partial charge in [0.15, 0.2) is 11.5 Å². The van der Waals surface area contributed by atoms with E-state index in [2.05, 4.69) is 0 Å². The first kappa shape index (κ1) is 13.1. The molecule has 2 atom stereocenters. The van der Waals surface area contributed by atoms with E-state index in [1.165, 1.54) is 0 Å². The molecule has 1 aliphatic heterocycles. The molecule has 1 aliphatic rings. The van der Waals surface area contributed by atoms with Crippen LogP contribution in [0.1, 0.15) is 18.1 Å². The van der Waals surface area contributed by atoms with Crippen molar-refractivity contribution in [2.45, 2.75) is 18.6 Å². The van der Waals surface area contributed by atoms with E-state index < -0.39 is 6.10 Å². The van der Waals surface area contributed by atoms with Crippen LogP contribution in [0, 0.1) is 0 Å². The van der Waals surface area contributed by atoms with Crippen LogP contribution >= 0.6 is 0 Å². The molecular weight excluding hydrogens is 234 g/mol. The van der Waals surface area contributed by atoms with E-state index in [-0.39, 0.29) is 6.04 Å². The number of hydrogen-bond acceptors (Lipinski definition) is 5. The molecule has 1 aromatic carbocycles. The summed E-state index contributed by atoms with van der Waals surface area (Å²) in [6, 6.07) is 5.27. The van der Waals surface area contributed by atoms with Gasteiger partial charge in [0, 0.05) is 13.2 Å². The van der Waals surface area contributed by atoms with Gasteiger partial charge in [-0.1, -0.05) is 6.07 Å². The summed E-state index contributed by atoms with van der Waals surface area (Å²) in [6.07, 6.45) is -0.168. The molecule has 0 saturated heterocycles. The Bertz CT molecular complexity index is 397. The second kappa shape index (κ2) is 6.04. The van der Waals surface area contributed by atoms with Crippen molar-refractivity contribution >= 4 is 0 Å². The van der Waals surface area contributed by atoms with Crippen LogP contribution in [-0.4, -0.2) is 38.1 Å². The van der Waals surface area contributed by atoms with Crippen LogP contribution in [0.5, 0.6) is 11.5 Å². The summed E-state index contributed by atoms with van der Waals surface area (Å²) in [5.74, 6) is 1.40. The Morgan fingerprint density at radius 3 is 2.78 bits per heavy atom. The molecule has 2 rings (SSSR count). The predicted molar refractivity (Wildman–Crippen MR) is 66.9 cm³/mol. The fourth-order valence-corrected chi connectivity index (χ4v) is 1.97. The summed E-state index contributed by atoms with van der Waals surface area (Å²) < 4.78 is 15.9. The summed E-state index contributed by atoms with van der Waals surface area (Å²) in [6.45, 7) is 1.53. The van der Waals surface area contributed by atoms with Crippen molar-refractivity contribution in [3.63, 3.8) is 0 Å². The Kier molecular flexibility index (Phi) is 4.41. The van der Waals surface area contributed by atoms with Crippen LogP contribution in [0.15, 0.2) is 18.2 Å². The zero-order valence-electron chi connectivity index (χ0n) is 10.5. The highest BCUT2D eigenvalue weighted by Gasteiger charge is 2.17. The van der Waals surface area contributed by atoms with Gasteiger partial charge in [0.1, 0.15) is 13.2 Å². The molecule has 0 aromatic heterocycles. The van der Waals surface area contributed by atoms with Gasteiger partial charge < -0.3 is 25.1 Å². The largest absolute Gasteiger partial charge is 0.486 e. The second-order valence-corrected chi connectivity index (χ2v) is 4.37. The maximum atomic E-state index is 10.1. The van der Waals surface area contributed by atoms with Crippen molar-refractivity contribution in [3.8, 4) is 11.5 Å². The van der Waals surface area contributed by atoms with Gasteiger partial charge >= 0.3 is 0 Å². The Morgan fingerprint density at radius 1 is 1.33 bits per heavy atom. The van der Waals surface area contributed by atoms with Gasteiger partial charge in [-0.15, -0.1) is 0 Å². The lowest BCUT2D eigenvalue weighted by Crippen LogP contribution is -2.27. The number of rotatable bonds is 5. The number of hydrogen-bond donors (Lipinski definition) is 2. The van der Waals surface area contributed by atoms with E-state index in [1.807, 2.05) is 12.1 Å². The van der Waals surface area contributed by atoms with E-state index in [0.717, 1.165) is 11.3 Å². The zero-order chi connectivity index (χ0) is 13.0. The quantitative estimate of drug-likeness (QED) is 0.814. The second-order valence-electron chi connectivity index (χ2n) is 4.37. The predicted octanol–water partition coefficient (Wildman–Crippen LogP) is 0.855. The topological polar surface area (TPSA) is 73.9 Å². The maximum absolute atomic E-state index is 10.1. The van der Waals surface area contributed by atoms with E-state index in [4.69, 9.17) is 19.9 Å². The van der Waals surface area contributed by atoms with Crippen LogP contribution in [-0.2, 0) is 4.74 Å². The van der Waals surface area contributed by atoms with Crippen LogP contribution in [0.4, 0.5) is 0 Å². The summed E-state index contributed by atoms with van der Waals surface area (Å²) in [5.41, 5.74) is 6.60. The molecule has 5 heteroatoms. The summed E-state index contributed by atoms with van der Waals surface area (Å²) >= 11 is 0. The molecule has 2 unspecified atom stereocenters. The standard InChI is InChI=1S/C13H19NO4/c1-16-8-10(14)7-11(15)9-2-3-12-13(6-9)18-5-4-17-12/h2-3,6,10-11,15H,4-5,7-8,14H2,1H3. The SMILES string of the molecule is COCC(N)CC(O)c1ccc2c(c1)OCCO2.